The van der Waals surface area contributed by atoms with Crippen LogP contribution in [0.2, 0.25) is 0 Å². The molecule has 0 N–H and O–H groups in total. The van der Waals surface area contributed by atoms with E-state index in [1.807, 2.05) is 0 Å². The summed E-state index contributed by atoms with van der Waals surface area (Å²) in [7, 11) is 1.27. The van der Waals surface area contributed by atoms with Crippen molar-refractivity contribution in [3.8, 4) is 0 Å². The third-order valence-corrected chi connectivity index (χ3v) is 3.95. The summed E-state index contributed by atoms with van der Waals surface area (Å²) in [4.78, 5) is 22.2. The third-order valence-electron chi connectivity index (χ3n) is 3.95. The van der Waals surface area contributed by atoms with E-state index in [1.165, 1.54) is 31.5 Å². The van der Waals surface area contributed by atoms with Crippen molar-refractivity contribution in [1.82, 2.24) is 9.78 Å². The van der Waals surface area contributed by atoms with Gasteiger partial charge in [-0.05, 0) is 37.0 Å². The Morgan fingerprint density at radius 1 is 1.50 bits per heavy atom. The van der Waals surface area contributed by atoms with Crippen LogP contribution in [0.4, 0.5) is 5.69 Å². The Labute approximate surface area is 137 Å². The fourth-order valence-corrected chi connectivity index (χ4v) is 2.77. The van der Waals surface area contributed by atoms with Crippen LogP contribution < -0.4 is 0 Å². The molecule has 0 radical (unpaired) electrons. The van der Waals surface area contributed by atoms with Gasteiger partial charge < -0.3 is 9.47 Å². The molecule has 0 saturated carbocycles. The van der Waals surface area contributed by atoms with Crippen LogP contribution in [-0.2, 0) is 14.3 Å². The van der Waals surface area contributed by atoms with Crippen LogP contribution in [0.15, 0.2) is 24.4 Å². The van der Waals surface area contributed by atoms with E-state index in [1.54, 1.807) is 10.7 Å². The van der Waals surface area contributed by atoms with E-state index in [0.717, 1.165) is 19.3 Å². The molecule has 1 unspecified atom stereocenters. The maximum absolute atomic E-state index is 11.4. The molecule has 0 bridgehead atoms. The predicted molar refractivity (Wildman–Crippen MR) is 86.3 cm³/mol. The molecule has 1 atom stereocenters. The van der Waals surface area contributed by atoms with E-state index in [4.69, 9.17) is 4.74 Å². The number of methoxy groups -OCH3 is 1. The van der Waals surface area contributed by atoms with Crippen molar-refractivity contribution < 1.29 is 19.2 Å². The summed E-state index contributed by atoms with van der Waals surface area (Å²) >= 11 is 0. The normalized spacial score (nSPS) is 18.1. The van der Waals surface area contributed by atoms with Gasteiger partial charge in [-0.15, -0.1) is 0 Å². The minimum absolute atomic E-state index is 0.0564. The molecule has 1 saturated heterocycles. The van der Waals surface area contributed by atoms with Gasteiger partial charge in [-0.2, -0.15) is 5.10 Å². The van der Waals surface area contributed by atoms with Gasteiger partial charge in [0.2, 0.25) is 0 Å². The van der Waals surface area contributed by atoms with Gasteiger partial charge in [0, 0.05) is 18.7 Å². The second-order valence-electron chi connectivity index (χ2n) is 5.50. The molecule has 2 heterocycles. The van der Waals surface area contributed by atoms with Crippen molar-refractivity contribution in [2.45, 2.75) is 25.5 Å². The van der Waals surface area contributed by atoms with Gasteiger partial charge in [0.05, 0.1) is 29.1 Å². The zero-order valence-corrected chi connectivity index (χ0v) is 13.2. The number of hydrogen-bond acceptors (Lipinski definition) is 6. The Kier molecular flexibility index (Phi) is 4.57. The molecule has 0 spiro atoms. The molecule has 24 heavy (non-hydrogen) atoms. The van der Waals surface area contributed by atoms with Gasteiger partial charge in [-0.1, -0.05) is 0 Å². The topological polar surface area (TPSA) is 96.5 Å². The van der Waals surface area contributed by atoms with Gasteiger partial charge in [-0.3, -0.25) is 10.1 Å². The quantitative estimate of drug-likeness (QED) is 0.370. The highest BCUT2D eigenvalue weighted by Crippen LogP contribution is 2.32. The van der Waals surface area contributed by atoms with Gasteiger partial charge in [-0.25, -0.2) is 9.48 Å². The Hall–Kier alpha value is -2.74. The lowest BCUT2D eigenvalue weighted by atomic mass is 10.1. The monoisotopic (exact) mass is 331 g/mol. The van der Waals surface area contributed by atoms with Crippen LogP contribution >= 0.6 is 0 Å². The Morgan fingerprint density at radius 3 is 3.00 bits per heavy atom. The number of esters is 1. The van der Waals surface area contributed by atoms with Crippen molar-refractivity contribution >= 4 is 28.6 Å². The summed E-state index contributed by atoms with van der Waals surface area (Å²) in [6, 6.07) is 3.17. The first kappa shape index (κ1) is 16.1. The average Bonchev–Trinajstić information content (AvgIpc) is 3.03. The van der Waals surface area contributed by atoms with Gasteiger partial charge in [0.15, 0.2) is 6.23 Å². The number of nitro benzene ring substituents is 1. The maximum Gasteiger partial charge on any atom is 0.330 e. The first-order valence-corrected chi connectivity index (χ1v) is 7.63. The SMILES string of the molecule is COC(=O)/C=C/c1cc([N+](=O)[O-])c2cnn(C3CCCCO3)c2c1. The first-order valence-electron chi connectivity index (χ1n) is 7.63. The van der Waals surface area contributed by atoms with Gasteiger partial charge in [0.1, 0.15) is 0 Å². The number of carbonyl (C=O) groups excluding carboxylic acids is 1. The average molecular weight is 331 g/mol. The van der Waals surface area contributed by atoms with E-state index in [9.17, 15) is 14.9 Å². The number of hydrogen-bond donors (Lipinski definition) is 0. The Bertz CT molecular complexity index is 805. The van der Waals surface area contributed by atoms with Crippen LogP contribution in [0.25, 0.3) is 17.0 Å². The minimum Gasteiger partial charge on any atom is -0.466 e. The van der Waals surface area contributed by atoms with Crippen LogP contribution in [0, 0.1) is 10.1 Å². The van der Waals surface area contributed by atoms with Crippen LogP contribution in [-0.4, -0.2) is 34.4 Å². The maximum atomic E-state index is 11.4. The van der Waals surface area contributed by atoms with E-state index in [-0.39, 0.29) is 11.9 Å². The number of nitro groups is 1. The molecule has 0 aliphatic carbocycles. The third kappa shape index (κ3) is 3.13. The summed E-state index contributed by atoms with van der Waals surface area (Å²) in [6.45, 7) is 0.649. The summed E-state index contributed by atoms with van der Waals surface area (Å²) in [5.41, 5.74) is 1.08. The lowest BCUT2D eigenvalue weighted by Gasteiger charge is -2.23. The molecular weight excluding hydrogens is 314 g/mol. The Morgan fingerprint density at radius 2 is 2.33 bits per heavy atom. The van der Waals surface area contributed by atoms with Crippen molar-refractivity contribution in [3.63, 3.8) is 0 Å². The van der Waals surface area contributed by atoms with Crippen molar-refractivity contribution in [2.75, 3.05) is 13.7 Å². The van der Waals surface area contributed by atoms with Crippen molar-refractivity contribution in [2.24, 2.45) is 0 Å². The van der Waals surface area contributed by atoms with E-state index >= 15 is 0 Å². The number of nitrogens with zero attached hydrogens (tertiary/aromatic N) is 3. The zero-order chi connectivity index (χ0) is 17.1. The molecule has 3 rings (SSSR count). The molecule has 1 aliphatic rings. The molecule has 1 fully saturated rings. The highest BCUT2D eigenvalue weighted by Gasteiger charge is 2.22. The van der Waals surface area contributed by atoms with Gasteiger partial charge in [0.25, 0.3) is 5.69 Å². The number of benzene rings is 1. The molecular formula is C16H17N3O5. The number of non-ortho nitro benzene ring substituents is 1. The second kappa shape index (κ2) is 6.79. The lowest BCUT2D eigenvalue weighted by molar-refractivity contribution is -0.383. The predicted octanol–water partition coefficient (Wildman–Crippen LogP) is 2.83. The van der Waals surface area contributed by atoms with E-state index in [2.05, 4.69) is 9.84 Å². The summed E-state index contributed by atoms with van der Waals surface area (Å²) in [6.07, 6.45) is 6.81. The number of fused-ring (bicyclic) bond motifs is 1. The molecule has 0 amide bonds. The number of ether oxygens (including phenoxy) is 2. The highest BCUT2D eigenvalue weighted by molar-refractivity contribution is 5.92. The standard InChI is InChI=1S/C16H17N3O5/c1-23-16(20)6-5-11-8-13-12(14(9-11)19(21)22)10-17-18(13)15-4-2-3-7-24-15/h5-6,8-10,15H,2-4,7H2,1H3/b6-5+. The summed E-state index contributed by atoms with van der Waals surface area (Å²) in [5, 5.41) is 16.1. The largest absolute Gasteiger partial charge is 0.466 e. The fourth-order valence-electron chi connectivity index (χ4n) is 2.77. The van der Waals surface area contributed by atoms with Crippen molar-refractivity contribution in [3.05, 3.63) is 40.1 Å². The van der Waals surface area contributed by atoms with Gasteiger partial charge >= 0.3 is 5.97 Å². The van der Waals surface area contributed by atoms with Crippen molar-refractivity contribution in [1.29, 1.82) is 0 Å². The molecule has 126 valence electrons. The number of aromatic nitrogens is 2. The molecule has 2 aromatic rings. The van der Waals surface area contributed by atoms with Crippen LogP contribution in [0.1, 0.15) is 31.1 Å². The lowest BCUT2D eigenvalue weighted by Crippen LogP contribution is -2.19. The minimum atomic E-state index is -0.526. The van der Waals surface area contributed by atoms with E-state index in [0.29, 0.717) is 23.1 Å². The summed E-state index contributed by atoms with van der Waals surface area (Å²) < 4.78 is 11.9. The molecule has 8 nitrogen and oxygen atoms in total. The second-order valence-corrected chi connectivity index (χ2v) is 5.50. The zero-order valence-electron chi connectivity index (χ0n) is 13.2. The molecule has 1 aliphatic heterocycles. The fraction of sp³-hybridized carbons (Fsp3) is 0.375. The Balaban J connectivity index is 2.08. The molecule has 8 heteroatoms. The van der Waals surface area contributed by atoms with Crippen LogP contribution in [0.3, 0.4) is 0 Å². The highest BCUT2D eigenvalue weighted by atomic mass is 16.6. The van der Waals surface area contributed by atoms with Crippen LogP contribution in [0.5, 0.6) is 0 Å². The smallest absolute Gasteiger partial charge is 0.330 e. The molecule has 1 aromatic heterocycles. The first-order chi connectivity index (χ1) is 11.6. The summed E-state index contributed by atoms with van der Waals surface area (Å²) in [5.74, 6) is -0.526. The number of carbonyl (C=O) groups is 1. The van der Waals surface area contributed by atoms with E-state index < -0.39 is 10.9 Å². The molecule has 1 aromatic carbocycles. The number of rotatable bonds is 4.